The van der Waals surface area contributed by atoms with Crippen LogP contribution in [0, 0.1) is 0 Å². The summed E-state index contributed by atoms with van der Waals surface area (Å²) in [5, 5.41) is 4.35. The van der Waals surface area contributed by atoms with Gasteiger partial charge in [-0.3, -0.25) is 14.9 Å². The maximum Gasteiger partial charge on any atom is 0.339 e. The van der Waals surface area contributed by atoms with Gasteiger partial charge in [-0.25, -0.2) is 9.59 Å². The SMILES string of the molecule is CNC(=O)NC(=O)[C@H](OC(=O)c1ccc(C=O)cc1)c1ccccc1. The zero-order chi connectivity index (χ0) is 18.2. The van der Waals surface area contributed by atoms with Crippen LogP contribution in [0.2, 0.25) is 0 Å². The van der Waals surface area contributed by atoms with Crippen LogP contribution in [-0.2, 0) is 9.53 Å². The molecule has 2 N–H and O–H groups in total. The summed E-state index contributed by atoms with van der Waals surface area (Å²) < 4.78 is 5.28. The fourth-order valence-corrected chi connectivity index (χ4v) is 2.01. The highest BCUT2D eigenvalue weighted by molar-refractivity contribution is 5.99. The van der Waals surface area contributed by atoms with E-state index in [1.54, 1.807) is 30.3 Å². The van der Waals surface area contributed by atoms with E-state index in [-0.39, 0.29) is 5.56 Å². The molecule has 0 aliphatic rings. The van der Waals surface area contributed by atoms with Crippen molar-refractivity contribution in [2.45, 2.75) is 6.10 Å². The number of ether oxygens (including phenoxy) is 1. The summed E-state index contributed by atoms with van der Waals surface area (Å²) in [6, 6.07) is 13.4. The van der Waals surface area contributed by atoms with Crippen molar-refractivity contribution in [1.29, 1.82) is 0 Å². The number of carbonyl (C=O) groups excluding carboxylic acids is 4. The van der Waals surface area contributed by atoms with Crippen LogP contribution in [0.3, 0.4) is 0 Å². The number of aldehydes is 1. The van der Waals surface area contributed by atoms with E-state index >= 15 is 0 Å². The molecule has 2 aromatic carbocycles. The van der Waals surface area contributed by atoms with E-state index in [0.29, 0.717) is 17.4 Å². The molecule has 0 saturated carbocycles. The van der Waals surface area contributed by atoms with Crippen molar-refractivity contribution >= 4 is 24.2 Å². The molecule has 0 bridgehead atoms. The van der Waals surface area contributed by atoms with Crippen LogP contribution in [0.15, 0.2) is 54.6 Å². The number of esters is 1. The second-order valence-corrected chi connectivity index (χ2v) is 5.00. The number of urea groups is 1. The first-order valence-corrected chi connectivity index (χ1v) is 7.39. The van der Waals surface area contributed by atoms with Crippen molar-refractivity contribution in [3.63, 3.8) is 0 Å². The van der Waals surface area contributed by atoms with Crippen molar-refractivity contribution in [3.8, 4) is 0 Å². The number of imide groups is 1. The van der Waals surface area contributed by atoms with Gasteiger partial charge in [-0.2, -0.15) is 0 Å². The van der Waals surface area contributed by atoms with E-state index in [1.807, 2.05) is 0 Å². The molecule has 2 aromatic rings. The molecule has 0 aliphatic carbocycles. The summed E-state index contributed by atoms with van der Waals surface area (Å²) in [5.74, 6) is -1.53. The van der Waals surface area contributed by atoms with Gasteiger partial charge >= 0.3 is 12.0 Å². The summed E-state index contributed by atoms with van der Waals surface area (Å²) in [4.78, 5) is 46.6. The van der Waals surface area contributed by atoms with E-state index in [0.717, 1.165) is 0 Å². The molecule has 0 unspecified atom stereocenters. The highest BCUT2D eigenvalue weighted by Gasteiger charge is 2.26. The zero-order valence-corrected chi connectivity index (χ0v) is 13.4. The predicted octanol–water partition coefficient (Wildman–Crippen LogP) is 1.85. The molecule has 25 heavy (non-hydrogen) atoms. The fraction of sp³-hybridized carbons (Fsp3) is 0.111. The van der Waals surface area contributed by atoms with Gasteiger partial charge in [0, 0.05) is 18.2 Å². The third-order valence-corrected chi connectivity index (χ3v) is 3.31. The smallest absolute Gasteiger partial charge is 0.339 e. The Morgan fingerprint density at radius 2 is 1.64 bits per heavy atom. The second kappa shape index (κ2) is 8.39. The van der Waals surface area contributed by atoms with Gasteiger partial charge in [0.15, 0.2) is 0 Å². The molecule has 7 nitrogen and oxygen atoms in total. The molecule has 0 radical (unpaired) electrons. The first-order valence-electron chi connectivity index (χ1n) is 7.39. The lowest BCUT2D eigenvalue weighted by Gasteiger charge is -2.17. The number of amides is 3. The Morgan fingerprint density at radius 3 is 2.20 bits per heavy atom. The van der Waals surface area contributed by atoms with Crippen molar-refractivity contribution < 1.29 is 23.9 Å². The van der Waals surface area contributed by atoms with E-state index in [9.17, 15) is 19.2 Å². The molecule has 0 saturated heterocycles. The highest BCUT2D eigenvalue weighted by atomic mass is 16.5. The van der Waals surface area contributed by atoms with Crippen LogP contribution >= 0.6 is 0 Å². The molecule has 1 atom stereocenters. The number of carbonyl (C=O) groups is 4. The Morgan fingerprint density at radius 1 is 1.00 bits per heavy atom. The Hall–Kier alpha value is -3.48. The largest absolute Gasteiger partial charge is 0.444 e. The predicted molar refractivity (Wildman–Crippen MR) is 89.0 cm³/mol. The number of hydrogen-bond acceptors (Lipinski definition) is 5. The molecule has 2 rings (SSSR count). The number of nitrogens with one attached hydrogen (secondary N) is 2. The maximum atomic E-state index is 12.3. The van der Waals surface area contributed by atoms with Crippen molar-refractivity contribution in [1.82, 2.24) is 10.6 Å². The molecule has 0 heterocycles. The molecular formula is C18H16N2O5. The molecule has 3 amide bonds. The summed E-state index contributed by atoms with van der Waals surface area (Å²) in [6.07, 6.45) is -0.643. The Balaban J connectivity index is 2.22. The van der Waals surface area contributed by atoms with E-state index in [4.69, 9.17) is 4.74 Å². The molecular weight excluding hydrogens is 324 g/mol. The third-order valence-electron chi connectivity index (χ3n) is 3.31. The number of benzene rings is 2. The van der Waals surface area contributed by atoms with E-state index in [2.05, 4.69) is 10.6 Å². The Bertz CT molecular complexity index is 772. The average molecular weight is 340 g/mol. The fourth-order valence-electron chi connectivity index (χ4n) is 2.01. The second-order valence-electron chi connectivity index (χ2n) is 5.00. The monoisotopic (exact) mass is 340 g/mol. The topological polar surface area (TPSA) is 102 Å². The van der Waals surface area contributed by atoms with Crippen LogP contribution in [0.25, 0.3) is 0 Å². The minimum absolute atomic E-state index is 0.180. The summed E-state index contributed by atoms with van der Waals surface area (Å²) in [5.41, 5.74) is 1.01. The third kappa shape index (κ3) is 4.74. The number of hydrogen-bond donors (Lipinski definition) is 2. The highest BCUT2D eigenvalue weighted by Crippen LogP contribution is 2.19. The molecule has 0 aliphatic heterocycles. The summed E-state index contributed by atoms with van der Waals surface area (Å²) >= 11 is 0. The lowest BCUT2D eigenvalue weighted by molar-refractivity contribution is -0.129. The molecule has 0 spiro atoms. The quantitative estimate of drug-likeness (QED) is 0.639. The van der Waals surface area contributed by atoms with E-state index in [1.165, 1.54) is 31.3 Å². The molecule has 7 heteroatoms. The first-order chi connectivity index (χ1) is 12.0. The first kappa shape index (κ1) is 17.9. The molecule has 0 aromatic heterocycles. The van der Waals surface area contributed by atoms with E-state index < -0.39 is 24.0 Å². The lowest BCUT2D eigenvalue weighted by atomic mass is 10.1. The van der Waals surface area contributed by atoms with Gasteiger partial charge in [-0.1, -0.05) is 42.5 Å². The minimum atomic E-state index is -1.29. The van der Waals surface area contributed by atoms with Crippen LogP contribution < -0.4 is 10.6 Å². The van der Waals surface area contributed by atoms with Crippen molar-refractivity contribution in [3.05, 3.63) is 71.3 Å². The van der Waals surface area contributed by atoms with Crippen LogP contribution in [0.4, 0.5) is 4.79 Å². The van der Waals surface area contributed by atoms with Crippen molar-refractivity contribution in [2.24, 2.45) is 0 Å². The molecule has 128 valence electrons. The number of rotatable bonds is 5. The normalized spacial score (nSPS) is 11.1. The van der Waals surface area contributed by atoms with Crippen LogP contribution in [0.1, 0.15) is 32.4 Å². The summed E-state index contributed by atoms with van der Waals surface area (Å²) in [7, 11) is 1.36. The van der Waals surface area contributed by atoms with Gasteiger partial charge in [0.1, 0.15) is 6.29 Å². The van der Waals surface area contributed by atoms with Crippen LogP contribution in [-0.4, -0.2) is 31.2 Å². The molecule has 0 fully saturated rings. The van der Waals surface area contributed by atoms with Gasteiger partial charge in [-0.05, 0) is 12.1 Å². The van der Waals surface area contributed by atoms with Crippen LogP contribution in [0.5, 0.6) is 0 Å². The Kier molecular flexibility index (Phi) is 6.00. The average Bonchev–Trinajstić information content (AvgIpc) is 2.66. The zero-order valence-electron chi connectivity index (χ0n) is 13.4. The maximum absolute atomic E-state index is 12.3. The van der Waals surface area contributed by atoms with Gasteiger partial charge in [0.05, 0.1) is 5.56 Å². The van der Waals surface area contributed by atoms with Gasteiger partial charge in [-0.15, -0.1) is 0 Å². The Labute approximate surface area is 144 Å². The summed E-state index contributed by atoms with van der Waals surface area (Å²) in [6.45, 7) is 0. The minimum Gasteiger partial charge on any atom is -0.444 e. The van der Waals surface area contributed by atoms with Gasteiger partial charge in [0.2, 0.25) is 6.10 Å². The van der Waals surface area contributed by atoms with Crippen molar-refractivity contribution in [2.75, 3.05) is 7.05 Å². The standard InChI is InChI=1S/C18H16N2O5/c1-19-18(24)20-16(22)15(13-5-3-2-4-6-13)25-17(23)14-9-7-12(11-21)8-10-14/h2-11,15H,1H3,(H2,19,20,22,24)/t15-/m1/s1. The lowest BCUT2D eigenvalue weighted by Crippen LogP contribution is -2.41. The van der Waals surface area contributed by atoms with Gasteiger partial charge in [0.25, 0.3) is 5.91 Å². The van der Waals surface area contributed by atoms with Gasteiger partial charge < -0.3 is 10.1 Å².